The van der Waals surface area contributed by atoms with Crippen LogP contribution in [0, 0.1) is 0 Å². The van der Waals surface area contributed by atoms with Crippen molar-refractivity contribution in [1.82, 2.24) is 0 Å². The maximum atomic E-state index is 13.8. The molecule has 0 radical (unpaired) electrons. The molecule has 35 heavy (non-hydrogen) atoms. The van der Waals surface area contributed by atoms with Crippen molar-refractivity contribution in [2.45, 2.75) is 97.3 Å². The van der Waals surface area contributed by atoms with Crippen LogP contribution in [0.15, 0.2) is 41.6 Å². The highest BCUT2D eigenvalue weighted by Gasteiger charge is 2.35. The second-order valence-electron chi connectivity index (χ2n) is 10.4. The van der Waals surface area contributed by atoms with Gasteiger partial charge in [0.15, 0.2) is 8.32 Å². The number of hydrogen-bond acceptors (Lipinski definition) is 3. The van der Waals surface area contributed by atoms with Crippen LogP contribution in [0.1, 0.15) is 85.3 Å². The van der Waals surface area contributed by atoms with E-state index in [-0.39, 0.29) is 12.5 Å². The minimum absolute atomic E-state index is 0.00582. The van der Waals surface area contributed by atoms with E-state index in [1.165, 1.54) is 17.2 Å². The monoisotopic (exact) mass is 505 g/mol. The third-order valence-electron chi connectivity index (χ3n) is 6.57. The third-order valence-corrected chi connectivity index (χ3v) is 7.58. The number of benzene rings is 2. The topological polar surface area (TPSA) is 30.8 Å². The third kappa shape index (κ3) is 7.94. The van der Waals surface area contributed by atoms with Crippen molar-refractivity contribution in [2.24, 2.45) is 5.16 Å². The first kappa shape index (κ1) is 27.5. The van der Waals surface area contributed by atoms with E-state index in [4.69, 9.17) is 9.26 Å². The Bertz CT molecular complexity index is 1020. The van der Waals surface area contributed by atoms with Gasteiger partial charge in [-0.05, 0) is 91.7 Å². The summed E-state index contributed by atoms with van der Waals surface area (Å²) in [6.07, 6.45) is 1.24. The average molecular weight is 506 g/mol. The van der Waals surface area contributed by atoms with Crippen LogP contribution in [0.2, 0.25) is 19.6 Å². The molecule has 0 aliphatic heterocycles. The molecule has 0 unspecified atom stereocenters. The Hall–Kier alpha value is -2.12. The number of nitrogens with zero attached hydrogens (tertiary/aromatic N) is 1. The van der Waals surface area contributed by atoms with Crippen LogP contribution in [0.4, 0.5) is 13.2 Å². The van der Waals surface area contributed by atoms with E-state index in [9.17, 15) is 13.2 Å². The minimum atomic E-state index is -4.38. The van der Waals surface area contributed by atoms with Crippen LogP contribution in [0.25, 0.3) is 0 Å². The fraction of sp³-hybridized carbons (Fsp3) is 0.536. The van der Waals surface area contributed by atoms with Crippen molar-refractivity contribution in [1.29, 1.82) is 0 Å². The van der Waals surface area contributed by atoms with Gasteiger partial charge in [0.25, 0.3) is 0 Å². The number of aryl methyl sites for hydroxylation is 1. The van der Waals surface area contributed by atoms with Crippen LogP contribution in [0.3, 0.4) is 0 Å². The van der Waals surface area contributed by atoms with Gasteiger partial charge >= 0.3 is 6.18 Å². The van der Waals surface area contributed by atoms with Crippen molar-refractivity contribution in [3.8, 4) is 0 Å². The second-order valence-corrected chi connectivity index (χ2v) is 15.0. The number of oxime groups is 1. The van der Waals surface area contributed by atoms with E-state index in [2.05, 4.69) is 43.9 Å². The second kappa shape index (κ2) is 11.7. The van der Waals surface area contributed by atoms with Crippen LogP contribution < -0.4 is 0 Å². The molecule has 0 amide bonds. The molecule has 3 nitrogen and oxygen atoms in total. The van der Waals surface area contributed by atoms with E-state index >= 15 is 0 Å². The lowest BCUT2D eigenvalue weighted by molar-refractivity contribution is -0.138. The van der Waals surface area contributed by atoms with Crippen molar-refractivity contribution in [3.63, 3.8) is 0 Å². The molecule has 192 valence electrons. The van der Waals surface area contributed by atoms with Gasteiger partial charge in [-0.2, -0.15) is 13.2 Å². The lowest BCUT2D eigenvalue weighted by Crippen LogP contribution is -2.25. The van der Waals surface area contributed by atoms with E-state index < -0.39 is 20.1 Å². The zero-order valence-electron chi connectivity index (χ0n) is 21.6. The molecule has 0 bridgehead atoms. The van der Waals surface area contributed by atoms with Crippen molar-refractivity contribution >= 4 is 14.0 Å². The summed E-state index contributed by atoms with van der Waals surface area (Å²) in [6, 6.07) is 10.8. The molecule has 1 aliphatic rings. The molecule has 0 saturated heterocycles. The summed E-state index contributed by atoms with van der Waals surface area (Å²) in [5, 5.41) is 4.20. The number of rotatable bonds is 9. The van der Waals surface area contributed by atoms with Gasteiger partial charge < -0.3 is 9.26 Å². The number of halogens is 3. The highest BCUT2D eigenvalue weighted by molar-refractivity contribution is 6.69. The highest BCUT2D eigenvalue weighted by atomic mass is 28.4. The molecule has 0 heterocycles. The smallest absolute Gasteiger partial charge is 0.413 e. The fourth-order valence-corrected chi connectivity index (χ4v) is 5.17. The molecule has 1 aliphatic carbocycles. The lowest BCUT2D eigenvalue weighted by Gasteiger charge is -2.25. The minimum Gasteiger partial charge on any atom is -0.413 e. The zero-order chi connectivity index (χ0) is 25.6. The predicted octanol–water partition coefficient (Wildman–Crippen LogP) is 8.61. The Morgan fingerprint density at radius 2 is 1.69 bits per heavy atom. The van der Waals surface area contributed by atoms with Gasteiger partial charge in [-0.15, -0.1) is 0 Å². The first-order chi connectivity index (χ1) is 16.5. The summed E-state index contributed by atoms with van der Waals surface area (Å²) in [4.78, 5) is 5.49. The Balaban J connectivity index is 1.70. The number of hydrogen-bond donors (Lipinski definition) is 0. The molecule has 7 heteroatoms. The van der Waals surface area contributed by atoms with Gasteiger partial charge in [0, 0.05) is 0 Å². The molecule has 1 fully saturated rings. The van der Waals surface area contributed by atoms with Crippen LogP contribution in [-0.4, -0.2) is 14.0 Å². The molecule has 0 aromatic heterocycles. The van der Waals surface area contributed by atoms with Gasteiger partial charge in [-0.1, -0.05) is 55.6 Å². The Morgan fingerprint density at radius 3 is 2.31 bits per heavy atom. The van der Waals surface area contributed by atoms with Gasteiger partial charge in [0.05, 0.1) is 17.9 Å². The SMILES string of the molecule is CCc1cc(/C(C)=N/OCc2ccc(C3CCCCC3)c(C(F)(F)F)c2)ccc1CO[Si](C)(C)C. The Morgan fingerprint density at radius 1 is 0.971 bits per heavy atom. The van der Waals surface area contributed by atoms with Gasteiger partial charge in [0.2, 0.25) is 0 Å². The summed E-state index contributed by atoms with van der Waals surface area (Å²) in [5.74, 6) is -0.0116. The summed E-state index contributed by atoms with van der Waals surface area (Å²) < 4.78 is 47.5. The summed E-state index contributed by atoms with van der Waals surface area (Å²) in [5.41, 5.74) is 4.35. The molecule has 2 aromatic rings. The van der Waals surface area contributed by atoms with Gasteiger partial charge in [-0.25, -0.2) is 0 Å². The fourth-order valence-electron chi connectivity index (χ4n) is 4.58. The van der Waals surface area contributed by atoms with E-state index in [0.29, 0.717) is 23.4 Å². The van der Waals surface area contributed by atoms with Crippen LogP contribution >= 0.6 is 0 Å². The first-order valence-electron chi connectivity index (χ1n) is 12.6. The molecule has 2 aromatic carbocycles. The maximum absolute atomic E-state index is 13.8. The molecule has 0 atom stereocenters. The number of alkyl halides is 3. The molecule has 3 rings (SSSR count). The van der Waals surface area contributed by atoms with Gasteiger partial charge in [-0.3, -0.25) is 0 Å². The van der Waals surface area contributed by atoms with Crippen molar-refractivity contribution in [2.75, 3.05) is 0 Å². The lowest BCUT2D eigenvalue weighted by atomic mass is 9.81. The molecular weight excluding hydrogens is 467 g/mol. The quantitative estimate of drug-likeness (QED) is 0.194. The largest absolute Gasteiger partial charge is 0.416 e. The van der Waals surface area contributed by atoms with Crippen molar-refractivity contribution < 1.29 is 22.4 Å². The molecule has 0 N–H and O–H groups in total. The zero-order valence-corrected chi connectivity index (χ0v) is 22.6. The Kier molecular flexibility index (Phi) is 9.21. The average Bonchev–Trinajstić information content (AvgIpc) is 2.82. The molecule has 1 saturated carbocycles. The van der Waals surface area contributed by atoms with E-state index in [1.807, 2.05) is 13.0 Å². The molecule has 0 spiro atoms. The van der Waals surface area contributed by atoms with E-state index in [1.54, 1.807) is 12.1 Å². The van der Waals surface area contributed by atoms with Crippen LogP contribution in [-0.2, 0) is 35.1 Å². The van der Waals surface area contributed by atoms with Crippen molar-refractivity contribution in [3.05, 3.63) is 69.8 Å². The highest BCUT2D eigenvalue weighted by Crippen LogP contribution is 2.41. The Labute approximate surface area is 208 Å². The van der Waals surface area contributed by atoms with Gasteiger partial charge in [0.1, 0.15) is 6.61 Å². The summed E-state index contributed by atoms with van der Waals surface area (Å²) in [6.45, 7) is 11.1. The normalized spacial score (nSPS) is 15.9. The van der Waals surface area contributed by atoms with E-state index in [0.717, 1.165) is 44.1 Å². The summed E-state index contributed by atoms with van der Waals surface area (Å²) in [7, 11) is -1.60. The maximum Gasteiger partial charge on any atom is 0.416 e. The standard InChI is InChI=1S/C28H38F3NO2Si/c1-6-22-17-24(13-14-25(22)19-34-35(3,4)5)20(2)32-33-18-21-12-15-26(23-10-8-7-9-11-23)27(16-21)28(29,30)31/h12-17,23H,6-11,18-19H2,1-5H3/b32-20+. The first-order valence-corrected chi connectivity index (χ1v) is 16.0. The van der Waals surface area contributed by atoms with Crippen LogP contribution in [0.5, 0.6) is 0 Å². The molecular formula is C28H38F3NO2Si. The predicted molar refractivity (Wildman–Crippen MR) is 138 cm³/mol. The summed E-state index contributed by atoms with van der Waals surface area (Å²) >= 11 is 0.